The number of carbonyl (C=O) groups excluding carboxylic acids is 1. The SMILES string of the molecule is Cc1ccn(Cc2ccc3c(c2)OCO3)c(=O)c1C(=O)NCc1c(C)n[nH]c1C. The third kappa shape index (κ3) is 3.61. The lowest BCUT2D eigenvalue weighted by Crippen LogP contribution is -2.34. The van der Waals surface area contributed by atoms with Gasteiger partial charge in [-0.25, -0.2) is 0 Å². The largest absolute Gasteiger partial charge is 0.454 e. The normalized spacial score (nSPS) is 12.2. The number of amides is 1. The molecule has 1 aliphatic rings. The van der Waals surface area contributed by atoms with Gasteiger partial charge in [-0.3, -0.25) is 14.7 Å². The van der Waals surface area contributed by atoms with Gasteiger partial charge in [-0.15, -0.1) is 0 Å². The molecule has 0 aliphatic carbocycles. The number of aromatic amines is 1. The number of aromatic nitrogens is 3. The van der Waals surface area contributed by atoms with Crippen LogP contribution < -0.4 is 20.3 Å². The van der Waals surface area contributed by atoms with E-state index >= 15 is 0 Å². The molecule has 0 saturated carbocycles. The van der Waals surface area contributed by atoms with Crippen LogP contribution in [0.5, 0.6) is 11.5 Å². The second kappa shape index (κ2) is 7.46. The van der Waals surface area contributed by atoms with E-state index in [1.165, 1.54) is 4.57 Å². The fraction of sp³-hybridized carbons (Fsp3) is 0.286. The van der Waals surface area contributed by atoms with E-state index in [1.54, 1.807) is 19.2 Å². The van der Waals surface area contributed by atoms with E-state index < -0.39 is 5.91 Å². The fourth-order valence-electron chi connectivity index (χ4n) is 3.39. The molecule has 0 saturated heterocycles. The standard InChI is InChI=1S/C21H22N4O4/c1-12-6-7-25(10-15-4-5-17-18(8-15)29-11-28-17)21(27)19(12)20(26)22-9-16-13(2)23-24-14(16)3/h4-8H,9-11H2,1-3H3,(H,22,26)(H,23,24). The number of carbonyl (C=O) groups is 1. The van der Waals surface area contributed by atoms with Crippen molar-refractivity contribution in [3.05, 3.63) is 74.5 Å². The number of nitrogens with one attached hydrogen (secondary N) is 2. The first-order chi connectivity index (χ1) is 13.9. The molecule has 0 unspecified atom stereocenters. The molecule has 0 bridgehead atoms. The summed E-state index contributed by atoms with van der Waals surface area (Å²) >= 11 is 0. The minimum Gasteiger partial charge on any atom is -0.454 e. The van der Waals surface area contributed by atoms with Crippen molar-refractivity contribution < 1.29 is 14.3 Å². The van der Waals surface area contributed by atoms with Crippen molar-refractivity contribution in [1.82, 2.24) is 20.1 Å². The van der Waals surface area contributed by atoms with Crippen LogP contribution in [0.25, 0.3) is 0 Å². The Kier molecular flexibility index (Phi) is 4.84. The van der Waals surface area contributed by atoms with E-state index in [4.69, 9.17) is 9.47 Å². The van der Waals surface area contributed by atoms with Crippen molar-refractivity contribution in [2.24, 2.45) is 0 Å². The van der Waals surface area contributed by atoms with Crippen LogP contribution in [0.4, 0.5) is 0 Å². The number of nitrogens with zero attached hydrogens (tertiary/aromatic N) is 2. The maximum atomic E-state index is 13.0. The molecule has 1 aromatic carbocycles. The van der Waals surface area contributed by atoms with Crippen molar-refractivity contribution in [2.75, 3.05) is 6.79 Å². The molecule has 150 valence electrons. The van der Waals surface area contributed by atoms with E-state index in [0.717, 1.165) is 22.5 Å². The summed E-state index contributed by atoms with van der Waals surface area (Å²) in [5.41, 5.74) is 3.98. The molecule has 3 heterocycles. The molecule has 0 radical (unpaired) electrons. The summed E-state index contributed by atoms with van der Waals surface area (Å²) < 4.78 is 12.2. The molecule has 2 aromatic heterocycles. The van der Waals surface area contributed by atoms with Crippen LogP contribution in [0.1, 0.15) is 38.4 Å². The van der Waals surface area contributed by atoms with Crippen molar-refractivity contribution in [2.45, 2.75) is 33.9 Å². The molecule has 0 fully saturated rings. The third-order valence-electron chi connectivity index (χ3n) is 5.10. The van der Waals surface area contributed by atoms with E-state index in [1.807, 2.05) is 32.0 Å². The van der Waals surface area contributed by atoms with Crippen molar-refractivity contribution >= 4 is 5.91 Å². The molecule has 1 amide bonds. The Morgan fingerprint density at radius 3 is 2.76 bits per heavy atom. The minimum atomic E-state index is -0.396. The highest BCUT2D eigenvalue weighted by atomic mass is 16.7. The molecule has 2 N–H and O–H groups in total. The molecule has 8 heteroatoms. The average Bonchev–Trinajstić information content (AvgIpc) is 3.28. The number of ether oxygens (including phenoxy) is 2. The molecule has 4 rings (SSSR count). The van der Waals surface area contributed by atoms with Crippen molar-refractivity contribution in [1.29, 1.82) is 0 Å². The summed E-state index contributed by atoms with van der Waals surface area (Å²) in [7, 11) is 0. The van der Waals surface area contributed by atoms with Crippen LogP contribution in [-0.2, 0) is 13.1 Å². The van der Waals surface area contributed by atoms with Gasteiger partial charge in [-0.1, -0.05) is 6.07 Å². The zero-order valence-electron chi connectivity index (χ0n) is 16.5. The van der Waals surface area contributed by atoms with Crippen LogP contribution in [0.3, 0.4) is 0 Å². The lowest BCUT2D eigenvalue weighted by atomic mass is 10.1. The summed E-state index contributed by atoms with van der Waals surface area (Å²) in [5, 5.41) is 9.86. The number of rotatable bonds is 5. The van der Waals surface area contributed by atoms with Crippen LogP contribution in [0, 0.1) is 20.8 Å². The Balaban J connectivity index is 1.56. The first kappa shape index (κ1) is 18.8. The molecule has 0 spiro atoms. The lowest BCUT2D eigenvalue weighted by molar-refractivity contribution is 0.0948. The Hall–Kier alpha value is -3.55. The summed E-state index contributed by atoms with van der Waals surface area (Å²) in [6.07, 6.45) is 1.70. The summed E-state index contributed by atoms with van der Waals surface area (Å²) in [5.74, 6) is 0.953. The van der Waals surface area contributed by atoms with E-state index in [0.29, 0.717) is 30.2 Å². The van der Waals surface area contributed by atoms with Gasteiger partial charge < -0.3 is 19.4 Å². The molecular formula is C21H22N4O4. The summed E-state index contributed by atoms with van der Waals surface area (Å²) in [4.78, 5) is 25.8. The number of H-pyrrole nitrogens is 1. The molecular weight excluding hydrogens is 372 g/mol. The van der Waals surface area contributed by atoms with E-state index in [2.05, 4.69) is 15.5 Å². The second-order valence-electron chi connectivity index (χ2n) is 7.09. The number of fused-ring (bicyclic) bond motifs is 1. The summed E-state index contributed by atoms with van der Waals surface area (Å²) in [6, 6.07) is 7.32. The van der Waals surface area contributed by atoms with Gasteiger partial charge in [0, 0.05) is 24.0 Å². The number of hydrogen-bond donors (Lipinski definition) is 2. The van der Waals surface area contributed by atoms with Crippen molar-refractivity contribution in [3.63, 3.8) is 0 Å². The Bertz CT molecular complexity index is 1130. The molecule has 29 heavy (non-hydrogen) atoms. The number of benzene rings is 1. The first-order valence-corrected chi connectivity index (χ1v) is 9.31. The maximum absolute atomic E-state index is 13.0. The van der Waals surface area contributed by atoms with Gasteiger partial charge >= 0.3 is 0 Å². The molecule has 0 atom stereocenters. The topological polar surface area (TPSA) is 98.2 Å². The van der Waals surface area contributed by atoms with Gasteiger partial charge in [-0.05, 0) is 50.1 Å². The van der Waals surface area contributed by atoms with Gasteiger partial charge in [0.05, 0.1) is 12.2 Å². The highest BCUT2D eigenvalue weighted by Crippen LogP contribution is 2.32. The number of pyridine rings is 1. The van der Waals surface area contributed by atoms with Gasteiger partial charge in [0.1, 0.15) is 5.56 Å². The van der Waals surface area contributed by atoms with Crippen molar-refractivity contribution in [3.8, 4) is 11.5 Å². The zero-order chi connectivity index (χ0) is 20.5. The number of aryl methyl sites for hydroxylation is 3. The minimum absolute atomic E-state index is 0.145. The third-order valence-corrected chi connectivity index (χ3v) is 5.10. The van der Waals surface area contributed by atoms with E-state index in [-0.39, 0.29) is 17.9 Å². The molecule has 3 aromatic rings. The summed E-state index contributed by atoms with van der Waals surface area (Å²) in [6.45, 7) is 6.36. The monoisotopic (exact) mass is 394 g/mol. The highest BCUT2D eigenvalue weighted by Gasteiger charge is 2.18. The van der Waals surface area contributed by atoms with Crippen LogP contribution in [0.15, 0.2) is 35.3 Å². The number of hydrogen-bond acceptors (Lipinski definition) is 5. The fourth-order valence-corrected chi connectivity index (χ4v) is 3.39. The second-order valence-corrected chi connectivity index (χ2v) is 7.09. The Labute approximate surface area is 167 Å². The van der Waals surface area contributed by atoms with Gasteiger partial charge in [0.25, 0.3) is 11.5 Å². The predicted octanol–water partition coefficient (Wildman–Crippen LogP) is 2.20. The average molecular weight is 394 g/mol. The van der Waals surface area contributed by atoms with E-state index in [9.17, 15) is 9.59 Å². The maximum Gasteiger partial charge on any atom is 0.263 e. The Morgan fingerprint density at radius 1 is 1.21 bits per heavy atom. The smallest absolute Gasteiger partial charge is 0.263 e. The van der Waals surface area contributed by atoms with Gasteiger partial charge in [-0.2, -0.15) is 5.10 Å². The van der Waals surface area contributed by atoms with Crippen LogP contribution in [0.2, 0.25) is 0 Å². The Morgan fingerprint density at radius 2 is 2.00 bits per heavy atom. The van der Waals surface area contributed by atoms with Crippen LogP contribution in [-0.4, -0.2) is 27.5 Å². The zero-order valence-corrected chi connectivity index (χ0v) is 16.5. The van der Waals surface area contributed by atoms with Gasteiger partial charge in [0.2, 0.25) is 6.79 Å². The van der Waals surface area contributed by atoms with Gasteiger partial charge in [0.15, 0.2) is 11.5 Å². The first-order valence-electron chi connectivity index (χ1n) is 9.31. The highest BCUT2D eigenvalue weighted by molar-refractivity contribution is 5.95. The molecule has 8 nitrogen and oxygen atoms in total. The molecule has 1 aliphatic heterocycles. The quantitative estimate of drug-likeness (QED) is 0.691. The van der Waals surface area contributed by atoms with Crippen LogP contribution >= 0.6 is 0 Å². The lowest BCUT2D eigenvalue weighted by Gasteiger charge is -2.12. The predicted molar refractivity (Wildman–Crippen MR) is 106 cm³/mol.